The van der Waals surface area contributed by atoms with Gasteiger partial charge in [-0.3, -0.25) is 4.31 Å². The number of fused-ring (bicyclic) bond motifs is 1. The molecule has 1 aliphatic rings. The van der Waals surface area contributed by atoms with E-state index in [-0.39, 0.29) is 5.41 Å². The number of rotatable bonds is 7. The van der Waals surface area contributed by atoms with Gasteiger partial charge in [-0.15, -0.1) is 0 Å². The number of anilines is 1. The number of para-hydroxylation sites is 1. The first kappa shape index (κ1) is 15.6. The van der Waals surface area contributed by atoms with Gasteiger partial charge in [-0.1, -0.05) is 57.7 Å². The molecule has 0 saturated heterocycles. The Labute approximate surface area is 126 Å². The standard InChI is InChI=1S/C17H27NOS/c1-4-6-9-13-17(12-5-2)14-18(20(3)19)16-11-8-7-10-15(16)17/h7-8,10-11H,4-6,9,12-14H2,1-3H3. The van der Waals surface area contributed by atoms with Crippen molar-refractivity contribution < 1.29 is 4.21 Å². The molecule has 0 fully saturated rings. The van der Waals surface area contributed by atoms with Gasteiger partial charge in [-0.25, -0.2) is 4.21 Å². The molecule has 0 aliphatic carbocycles. The largest absolute Gasteiger partial charge is 0.291 e. The molecule has 1 heterocycles. The molecule has 1 aromatic carbocycles. The summed E-state index contributed by atoms with van der Waals surface area (Å²) in [7, 11) is -0.926. The van der Waals surface area contributed by atoms with Crippen LogP contribution >= 0.6 is 0 Å². The summed E-state index contributed by atoms with van der Waals surface area (Å²) >= 11 is 0. The van der Waals surface area contributed by atoms with Crippen LogP contribution in [0.2, 0.25) is 0 Å². The predicted molar refractivity (Wildman–Crippen MR) is 88.6 cm³/mol. The fraction of sp³-hybridized carbons (Fsp3) is 0.647. The second-order valence-corrected chi connectivity index (χ2v) is 7.25. The van der Waals surface area contributed by atoms with E-state index < -0.39 is 11.0 Å². The molecule has 0 N–H and O–H groups in total. The lowest BCUT2D eigenvalue weighted by Gasteiger charge is -2.30. The molecule has 2 atom stereocenters. The predicted octanol–water partition coefficient (Wildman–Crippen LogP) is 4.42. The summed E-state index contributed by atoms with van der Waals surface area (Å²) in [5.41, 5.74) is 2.83. The lowest BCUT2D eigenvalue weighted by molar-refractivity contribution is 0.373. The Bertz CT molecular complexity index is 474. The summed E-state index contributed by atoms with van der Waals surface area (Å²) in [6.07, 6.45) is 9.22. The van der Waals surface area contributed by atoms with E-state index in [1.165, 1.54) is 49.8 Å². The molecule has 0 aromatic heterocycles. The molecule has 0 amide bonds. The van der Waals surface area contributed by atoms with E-state index in [4.69, 9.17) is 0 Å². The number of hydrogen-bond donors (Lipinski definition) is 0. The van der Waals surface area contributed by atoms with E-state index in [0.717, 1.165) is 6.54 Å². The van der Waals surface area contributed by atoms with Crippen molar-refractivity contribution in [2.75, 3.05) is 17.1 Å². The van der Waals surface area contributed by atoms with Crippen LogP contribution in [-0.2, 0) is 16.4 Å². The number of unbranched alkanes of at least 4 members (excludes halogenated alkanes) is 2. The monoisotopic (exact) mass is 293 g/mol. The first-order valence-corrected chi connectivity index (χ1v) is 9.36. The molecule has 0 spiro atoms. The van der Waals surface area contributed by atoms with Gasteiger partial charge in [0.05, 0.1) is 5.69 Å². The molecule has 1 aromatic rings. The van der Waals surface area contributed by atoms with E-state index >= 15 is 0 Å². The zero-order valence-corrected chi connectivity index (χ0v) is 13.8. The number of hydrogen-bond acceptors (Lipinski definition) is 1. The van der Waals surface area contributed by atoms with Gasteiger partial charge >= 0.3 is 0 Å². The highest BCUT2D eigenvalue weighted by Gasteiger charge is 2.42. The Hall–Kier alpha value is -0.830. The van der Waals surface area contributed by atoms with E-state index in [1.54, 1.807) is 6.26 Å². The van der Waals surface area contributed by atoms with Gasteiger partial charge in [0, 0.05) is 18.2 Å². The molecule has 3 heteroatoms. The van der Waals surface area contributed by atoms with Crippen LogP contribution in [0.5, 0.6) is 0 Å². The summed E-state index contributed by atoms with van der Waals surface area (Å²) in [5, 5.41) is 0. The minimum atomic E-state index is -0.926. The minimum absolute atomic E-state index is 0.214. The van der Waals surface area contributed by atoms with Crippen LogP contribution in [0.1, 0.15) is 57.9 Å². The van der Waals surface area contributed by atoms with Crippen molar-refractivity contribution in [1.82, 2.24) is 0 Å². The van der Waals surface area contributed by atoms with Crippen molar-refractivity contribution in [2.45, 2.75) is 57.8 Å². The van der Waals surface area contributed by atoms with Gasteiger partial charge in [0.2, 0.25) is 0 Å². The maximum atomic E-state index is 12.1. The van der Waals surface area contributed by atoms with Crippen molar-refractivity contribution in [3.63, 3.8) is 0 Å². The maximum absolute atomic E-state index is 12.1. The molecule has 2 nitrogen and oxygen atoms in total. The van der Waals surface area contributed by atoms with Crippen LogP contribution < -0.4 is 4.31 Å². The zero-order valence-electron chi connectivity index (χ0n) is 13.0. The Balaban J connectivity index is 2.34. The summed E-state index contributed by atoms with van der Waals surface area (Å²) in [6.45, 7) is 5.44. The molecule has 2 unspecified atom stereocenters. The minimum Gasteiger partial charge on any atom is -0.291 e. The average Bonchev–Trinajstić information content (AvgIpc) is 2.76. The quantitative estimate of drug-likeness (QED) is 0.682. The van der Waals surface area contributed by atoms with Crippen molar-refractivity contribution in [3.05, 3.63) is 29.8 Å². The van der Waals surface area contributed by atoms with Gasteiger partial charge in [-0.05, 0) is 24.5 Å². The number of benzene rings is 1. The summed E-state index contributed by atoms with van der Waals surface area (Å²) < 4.78 is 14.2. The molecule has 0 bridgehead atoms. The van der Waals surface area contributed by atoms with Crippen LogP contribution in [-0.4, -0.2) is 17.0 Å². The van der Waals surface area contributed by atoms with Crippen molar-refractivity contribution in [1.29, 1.82) is 0 Å². The molecule has 0 saturated carbocycles. The fourth-order valence-corrected chi connectivity index (χ4v) is 4.42. The topological polar surface area (TPSA) is 20.3 Å². The Morgan fingerprint density at radius 3 is 2.55 bits per heavy atom. The first-order valence-electron chi connectivity index (χ1n) is 7.85. The third kappa shape index (κ3) is 2.93. The molecule has 20 heavy (non-hydrogen) atoms. The molecule has 2 rings (SSSR count). The lowest BCUT2D eigenvalue weighted by Crippen LogP contribution is -2.34. The molecular formula is C17H27NOS. The summed E-state index contributed by atoms with van der Waals surface area (Å²) in [6, 6.07) is 8.58. The van der Waals surface area contributed by atoms with E-state index in [9.17, 15) is 4.21 Å². The smallest absolute Gasteiger partial charge is 0.116 e. The van der Waals surface area contributed by atoms with Crippen LogP contribution in [0.25, 0.3) is 0 Å². The van der Waals surface area contributed by atoms with Gasteiger partial charge < -0.3 is 0 Å². The SMILES string of the molecule is CCCCCC1(CCC)CN(S(C)=O)c2ccccc21. The summed E-state index contributed by atoms with van der Waals surface area (Å²) in [4.78, 5) is 0. The highest BCUT2D eigenvalue weighted by atomic mass is 32.2. The van der Waals surface area contributed by atoms with Gasteiger partial charge in [-0.2, -0.15) is 0 Å². The first-order chi connectivity index (χ1) is 9.64. The van der Waals surface area contributed by atoms with Crippen molar-refractivity contribution >= 4 is 16.7 Å². The Morgan fingerprint density at radius 2 is 1.90 bits per heavy atom. The van der Waals surface area contributed by atoms with E-state index in [1.807, 2.05) is 0 Å². The van der Waals surface area contributed by atoms with Crippen molar-refractivity contribution in [3.8, 4) is 0 Å². The van der Waals surface area contributed by atoms with Crippen molar-refractivity contribution in [2.24, 2.45) is 0 Å². The van der Waals surface area contributed by atoms with Crippen LogP contribution in [0.3, 0.4) is 0 Å². The Kier molecular flexibility index (Phi) is 5.25. The summed E-state index contributed by atoms with van der Waals surface area (Å²) in [5.74, 6) is 0. The Morgan fingerprint density at radius 1 is 1.15 bits per heavy atom. The highest BCUT2D eigenvalue weighted by molar-refractivity contribution is 7.85. The zero-order chi connectivity index (χ0) is 14.6. The molecule has 1 aliphatic heterocycles. The maximum Gasteiger partial charge on any atom is 0.116 e. The second-order valence-electron chi connectivity index (χ2n) is 5.96. The van der Waals surface area contributed by atoms with E-state index in [2.05, 4.69) is 42.4 Å². The average molecular weight is 293 g/mol. The fourth-order valence-electron chi connectivity index (χ4n) is 3.56. The van der Waals surface area contributed by atoms with Gasteiger partial charge in [0.1, 0.15) is 11.0 Å². The second kappa shape index (κ2) is 6.75. The third-order valence-corrected chi connectivity index (χ3v) is 5.43. The molecule has 0 radical (unpaired) electrons. The van der Waals surface area contributed by atoms with Crippen LogP contribution in [0.4, 0.5) is 5.69 Å². The van der Waals surface area contributed by atoms with Gasteiger partial charge in [0.25, 0.3) is 0 Å². The molecular weight excluding hydrogens is 266 g/mol. The number of nitrogens with zero attached hydrogens (tertiary/aromatic N) is 1. The third-order valence-electron chi connectivity index (χ3n) is 4.49. The highest BCUT2D eigenvalue weighted by Crippen LogP contribution is 2.47. The van der Waals surface area contributed by atoms with Gasteiger partial charge in [0.15, 0.2) is 0 Å². The van der Waals surface area contributed by atoms with Crippen LogP contribution in [0, 0.1) is 0 Å². The molecule has 112 valence electrons. The van der Waals surface area contributed by atoms with Crippen LogP contribution in [0.15, 0.2) is 24.3 Å². The van der Waals surface area contributed by atoms with E-state index in [0.29, 0.717) is 0 Å². The lowest BCUT2D eigenvalue weighted by atomic mass is 9.74. The normalized spacial score (nSPS) is 22.9.